The highest BCUT2D eigenvalue weighted by molar-refractivity contribution is 7.17. The van der Waals surface area contributed by atoms with Crippen molar-refractivity contribution < 1.29 is 9.90 Å². The summed E-state index contributed by atoms with van der Waals surface area (Å²) in [6.07, 6.45) is 2.53. The Kier molecular flexibility index (Phi) is 3.21. The van der Waals surface area contributed by atoms with Gasteiger partial charge in [-0.1, -0.05) is 41.7 Å². The highest BCUT2D eigenvalue weighted by atomic mass is 32.1. The van der Waals surface area contributed by atoms with Crippen LogP contribution in [0.2, 0.25) is 0 Å². The number of nitrogens with zero attached hydrogens (tertiary/aromatic N) is 2. The Morgan fingerprint density at radius 2 is 2.16 bits per heavy atom. The SMILES string of the molecule is O=C(O)c1cnc(N2CCC(c3ccccc3)C2)s1. The minimum Gasteiger partial charge on any atom is -0.477 e. The smallest absolute Gasteiger partial charge is 0.347 e. The molecule has 1 aliphatic heterocycles. The molecule has 0 radical (unpaired) electrons. The fraction of sp³-hybridized carbons (Fsp3) is 0.286. The summed E-state index contributed by atoms with van der Waals surface area (Å²) in [5, 5.41) is 9.74. The van der Waals surface area contributed by atoms with Crippen molar-refractivity contribution in [3.05, 3.63) is 47.0 Å². The number of hydrogen-bond donors (Lipinski definition) is 1. The number of aromatic nitrogens is 1. The number of carboxylic acid groups (broad SMARTS) is 1. The molecule has 1 unspecified atom stereocenters. The van der Waals surface area contributed by atoms with E-state index in [-0.39, 0.29) is 0 Å². The molecule has 1 aliphatic rings. The van der Waals surface area contributed by atoms with Crippen LogP contribution < -0.4 is 4.90 Å². The van der Waals surface area contributed by atoms with Crippen LogP contribution in [0, 0.1) is 0 Å². The molecule has 2 heterocycles. The van der Waals surface area contributed by atoms with Gasteiger partial charge in [-0.05, 0) is 12.0 Å². The average Bonchev–Trinajstić information content (AvgIpc) is 3.09. The fourth-order valence-electron chi connectivity index (χ4n) is 2.44. The number of thiazole rings is 1. The molecular weight excluding hydrogens is 260 g/mol. The van der Waals surface area contributed by atoms with Crippen LogP contribution >= 0.6 is 11.3 Å². The molecule has 3 rings (SSSR count). The number of carboxylic acids is 1. The predicted molar refractivity (Wildman–Crippen MR) is 75.1 cm³/mol. The molecule has 1 aromatic carbocycles. The zero-order valence-corrected chi connectivity index (χ0v) is 11.1. The van der Waals surface area contributed by atoms with Gasteiger partial charge in [0.1, 0.15) is 4.88 Å². The molecule has 5 heteroatoms. The van der Waals surface area contributed by atoms with E-state index in [0.717, 1.165) is 24.6 Å². The summed E-state index contributed by atoms with van der Waals surface area (Å²) >= 11 is 1.25. The van der Waals surface area contributed by atoms with Crippen molar-refractivity contribution in [1.82, 2.24) is 4.98 Å². The van der Waals surface area contributed by atoms with E-state index in [9.17, 15) is 4.79 Å². The van der Waals surface area contributed by atoms with E-state index >= 15 is 0 Å². The molecule has 1 saturated heterocycles. The molecule has 4 nitrogen and oxygen atoms in total. The topological polar surface area (TPSA) is 53.4 Å². The first-order chi connectivity index (χ1) is 9.24. The average molecular weight is 274 g/mol. The quantitative estimate of drug-likeness (QED) is 0.935. The molecule has 1 aromatic heterocycles. The van der Waals surface area contributed by atoms with E-state index in [2.05, 4.69) is 34.1 Å². The van der Waals surface area contributed by atoms with Gasteiger partial charge in [-0.2, -0.15) is 0 Å². The molecule has 0 spiro atoms. The molecule has 1 atom stereocenters. The Bertz CT molecular complexity index is 582. The molecular formula is C14H14N2O2S. The van der Waals surface area contributed by atoms with Gasteiger partial charge >= 0.3 is 5.97 Å². The van der Waals surface area contributed by atoms with Gasteiger partial charge in [0.15, 0.2) is 5.13 Å². The molecule has 0 bridgehead atoms. The van der Waals surface area contributed by atoms with Gasteiger partial charge in [0.25, 0.3) is 0 Å². The van der Waals surface area contributed by atoms with Gasteiger partial charge in [0.2, 0.25) is 0 Å². The van der Waals surface area contributed by atoms with E-state index < -0.39 is 5.97 Å². The number of aromatic carboxylic acids is 1. The van der Waals surface area contributed by atoms with Crippen LogP contribution in [0.5, 0.6) is 0 Å². The lowest BCUT2D eigenvalue weighted by Crippen LogP contribution is -2.18. The van der Waals surface area contributed by atoms with Gasteiger partial charge in [-0.15, -0.1) is 0 Å². The molecule has 0 aliphatic carbocycles. The lowest BCUT2D eigenvalue weighted by atomic mass is 9.99. The maximum Gasteiger partial charge on any atom is 0.347 e. The van der Waals surface area contributed by atoms with Crippen molar-refractivity contribution in [3.8, 4) is 0 Å². The lowest BCUT2D eigenvalue weighted by molar-refractivity contribution is 0.0702. The number of benzene rings is 1. The second-order valence-corrected chi connectivity index (χ2v) is 5.66. The first-order valence-corrected chi connectivity index (χ1v) is 7.04. The Balaban J connectivity index is 1.73. The lowest BCUT2D eigenvalue weighted by Gasteiger charge is -2.14. The first kappa shape index (κ1) is 12.2. The van der Waals surface area contributed by atoms with Gasteiger partial charge < -0.3 is 10.0 Å². The van der Waals surface area contributed by atoms with Crippen molar-refractivity contribution in [2.24, 2.45) is 0 Å². The molecule has 0 amide bonds. The highest BCUT2D eigenvalue weighted by Crippen LogP contribution is 2.32. The Morgan fingerprint density at radius 3 is 2.84 bits per heavy atom. The van der Waals surface area contributed by atoms with Crippen LogP contribution in [0.3, 0.4) is 0 Å². The third-order valence-corrected chi connectivity index (χ3v) is 4.48. The maximum atomic E-state index is 10.9. The van der Waals surface area contributed by atoms with Crippen LogP contribution in [0.4, 0.5) is 5.13 Å². The van der Waals surface area contributed by atoms with E-state index in [1.54, 1.807) is 0 Å². The first-order valence-electron chi connectivity index (χ1n) is 6.23. The van der Waals surface area contributed by atoms with E-state index in [1.807, 2.05) is 6.07 Å². The van der Waals surface area contributed by atoms with Gasteiger partial charge in [-0.25, -0.2) is 9.78 Å². The number of hydrogen-bond acceptors (Lipinski definition) is 4. The molecule has 1 N–H and O–H groups in total. The molecule has 1 fully saturated rings. The van der Waals surface area contributed by atoms with Crippen LogP contribution in [0.25, 0.3) is 0 Å². The summed E-state index contributed by atoms with van der Waals surface area (Å²) in [6.45, 7) is 1.85. The normalized spacial score (nSPS) is 18.7. The van der Waals surface area contributed by atoms with Crippen molar-refractivity contribution in [1.29, 1.82) is 0 Å². The molecule has 0 saturated carbocycles. The maximum absolute atomic E-state index is 10.9. The summed E-state index contributed by atoms with van der Waals surface area (Å²) in [4.78, 5) is 17.6. The predicted octanol–water partition coefficient (Wildman–Crippen LogP) is 2.84. The summed E-state index contributed by atoms with van der Waals surface area (Å²) in [5.41, 5.74) is 1.35. The number of rotatable bonds is 3. The van der Waals surface area contributed by atoms with Crippen molar-refractivity contribution in [2.75, 3.05) is 18.0 Å². The van der Waals surface area contributed by atoms with Crippen molar-refractivity contribution in [2.45, 2.75) is 12.3 Å². The van der Waals surface area contributed by atoms with E-state index in [4.69, 9.17) is 5.11 Å². The monoisotopic (exact) mass is 274 g/mol. The minimum atomic E-state index is -0.900. The summed E-state index contributed by atoms with van der Waals surface area (Å²) in [6, 6.07) is 10.4. The molecule has 19 heavy (non-hydrogen) atoms. The second kappa shape index (κ2) is 5.01. The fourth-order valence-corrected chi connectivity index (χ4v) is 3.23. The van der Waals surface area contributed by atoms with Gasteiger partial charge in [-0.3, -0.25) is 0 Å². The minimum absolute atomic E-state index is 0.304. The summed E-state index contributed by atoms with van der Waals surface area (Å²) in [5.74, 6) is -0.388. The standard InChI is InChI=1S/C14H14N2O2S/c17-13(18)12-8-15-14(19-12)16-7-6-11(9-16)10-4-2-1-3-5-10/h1-5,8,11H,6-7,9H2,(H,17,18). The zero-order chi connectivity index (χ0) is 13.2. The van der Waals surface area contributed by atoms with E-state index in [1.165, 1.54) is 23.1 Å². The summed E-state index contributed by atoms with van der Waals surface area (Å²) < 4.78 is 0. The van der Waals surface area contributed by atoms with Gasteiger partial charge in [0.05, 0.1) is 6.20 Å². The third-order valence-electron chi connectivity index (χ3n) is 3.43. The summed E-state index contributed by atoms with van der Waals surface area (Å²) in [7, 11) is 0. The van der Waals surface area contributed by atoms with Crippen LogP contribution in [0.15, 0.2) is 36.5 Å². The van der Waals surface area contributed by atoms with Crippen molar-refractivity contribution in [3.63, 3.8) is 0 Å². The third kappa shape index (κ3) is 2.46. The largest absolute Gasteiger partial charge is 0.477 e. The number of anilines is 1. The number of carbonyl (C=O) groups is 1. The molecule has 98 valence electrons. The Labute approximate surface area is 115 Å². The van der Waals surface area contributed by atoms with Gasteiger partial charge in [0, 0.05) is 19.0 Å². The van der Waals surface area contributed by atoms with E-state index in [0.29, 0.717) is 10.8 Å². The zero-order valence-electron chi connectivity index (χ0n) is 10.3. The highest BCUT2D eigenvalue weighted by Gasteiger charge is 2.26. The molecule has 2 aromatic rings. The van der Waals surface area contributed by atoms with Crippen LogP contribution in [0.1, 0.15) is 27.6 Å². The Morgan fingerprint density at radius 1 is 1.37 bits per heavy atom. The van der Waals surface area contributed by atoms with Crippen LogP contribution in [-0.2, 0) is 0 Å². The second-order valence-electron chi connectivity index (χ2n) is 4.65. The Hall–Kier alpha value is -1.88. The van der Waals surface area contributed by atoms with Crippen molar-refractivity contribution >= 4 is 22.4 Å². The van der Waals surface area contributed by atoms with Crippen LogP contribution in [-0.4, -0.2) is 29.1 Å².